The molecule has 36 heavy (non-hydrogen) atoms. The van der Waals surface area contributed by atoms with Gasteiger partial charge in [0.15, 0.2) is 0 Å². The molecule has 0 saturated heterocycles. The zero-order valence-electron chi connectivity index (χ0n) is 20.4. The zero-order valence-corrected chi connectivity index (χ0v) is 20.4. The molecule has 0 aliphatic heterocycles. The lowest BCUT2D eigenvalue weighted by atomic mass is 9.94. The summed E-state index contributed by atoms with van der Waals surface area (Å²) < 4.78 is 11.0. The molecule has 0 aromatic heterocycles. The predicted octanol–water partition coefficient (Wildman–Crippen LogP) is 4.51. The van der Waals surface area contributed by atoms with Crippen LogP contribution >= 0.6 is 0 Å². The quantitative estimate of drug-likeness (QED) is 0.250. The number of nitrogens with zero attached hydrogens (tertiary/aromatic N) is 2. The summed E-state index contributed by atoms with van der Waals surface area (Å²) in [5.41, 5.74) is 4.98. The number of hydrogen-bond donors (Lipinski definition) is 2. The van der Waals surface area contributed by atoms with E-state index in [2.05, 4.69) is 21.9 Å². The molecule has 2 N–H and O–H groups in total. The van der Waals surface area contributed by atoms with Crippen LogP contribution in [0.1, 0.15) is 30.5 Å². The number of carbonyl (C=O) groups excluding carboxylic acids is 2. The molecule has 0 heterocycles. The molecule has 1 unspecified atom stereocenters. The third kappa shape index (κ3) is 6.93. The van der Waals surface area contributed by atoms with Crippen molar-refractivity contribution < 1.29 is 19.1 Å². The highest BCUT2D eigenvalue weighted by Gasteiger charge is 2.30. The summed E-state index contributed by atoms with van der Waals surface area (Å²) in [5, 5.41) is 16.1. The number of ether oxygens (including phenoxy) is 2. The van der Waals surface area contributed by atoms with Gasteiger partial charge in [-0.05, 0) is 48.4 Å². The first-order valence-corrected chi connectivity index (χ1v) is 11.4. The van der Waals surface area contributed by atoms with Gasteiger partial charge in [-0.1, -0.05) is 44.2 Å². The van der Waals surface area contributed by atoms with Crippen molar-refractivity contribution in [3.05, 3.63) is 89.5 Å². The van der Waals surface area contributed by atoms with Crippen LogP contribution in [0.3, 0.4) is 0 Å². The highest BCUT2D eigenvalue weighted by Crippen LogP contribution is 2.20. The van der Waals surface area contributed by atoms with Crippen molar-refractivity contribution in [2.75, 3.05) is 12.4 Å². The summed E-state index contributed by atoms with van der Waals surface area (Å²) >= 11 is 0. The molecule has 3 aromatic rings. The van der Waals surface area contributed by atoms with Crippen molar-refractivity contribution in [2.45, 2.75) is 20.5 Å². The maximum Gasteiger partial charge on any atom is 0.252 e. The normalized spacial score (nSPS) is 11.5. The Morgan fingerprint density at radius 3 is 2.39 bits per heavy atom. The highest BCUT2D eigenvalue weighted by molar-refractivity contribution is 6.06. The largest absolute Gasteiger partial charge is 0.497 e. The van der Waals surface area contributed by atoms with Crippen LogP contribution in [0.2, 0.25) is 0 Å². The summed E-state index contributed by atoms with van der Waals surface area (Å²) in [7, 11) is 1.56. The number of carbonyl (C=O) groups is 2. The van der Waals surface area contributed by atoms with Crippen LogP contribution in [0.25, 0.3) is 0 Å². The molecule has 8 nitrogen and oxygen atoms in total. The number of benzene rings is 3. The topological polar surface area (TPSA) is 113 Å². The number of hydrogen-bond acceptors (Lipinski definition) is 6. The van der Waals surface area contributed by atoms with Gasteiger partial charge in [0, 0.05) is 16.8 Å². The van der Waals surface area contributed by atoms with Gasteiger partial charge in [0.1, 0.15) is 24.0 Å². The van der Waals surface area contributed by atoms with Crippen LogP contribution in [0, 0.1) is 23.2 Å². The Balaban J connectivity index is 1.64. The number of amides is 2. The smallest absolute Gasteiger partial charge is 0.252 e. The molecular weight excluding hydrogens is 456 g/mol. The maximum absolute atomic E-state index is 12.8. The number of nitriles is 1. The average Bonchev–Trinajstić information content (AvgIpc) is 2.88. The number of rotatable bonds is 10. The second-order valence-electron chi connectivity index (χ2n) is 8.27. The summed E-state index contributed by atoms with van der Waals surface area (Å²) in [4.78, 5) is 25.6. The van der Waals surface area contributed by atoms with Gasteiger partial charge in [-0.3, -0.25) is 9.59 Å². The lowest BCUT2D eigenvalue weighted by Gasteiger charge is -2.18. The van der Waals surface area contributed by atoms with Crippen molar-refractivity contribution in [3.8, 4) is 17.6 Å². The lowest BCUT2D eigenvalue weighted by Crippen LogP contribution is -2.39. The molecule has 184 valence electrons. The average molecular weight is 485 g/mol. The molecule has 0 spiro atoms. The molecule has 0 aliphatic rings. The summed E-state index contributed by atoms with van der Waals surface area (Å²) in [6, 6.07) is 23.4. The third-order valence-electron chi connectivity index (χ3n) is 5.41. The van der Waals surface area contributed by atoms with Crippen LogP contribution in [-0.2, 0) is 16.2 Å². The van der Waals surface area contributed by atoms with Gasteiger partial charge >= 0.3 is 0 Å². The molecule has 8 heteroatoms. The molecule has 0 fully saturated rings. The molecular formula is C28H28N4O4. The van der Waals surface area contributed by atoms with Gasteiger partial charge in [-0.15, -0.1) is 0 Å². The van der Waals surface area contributed by atoms with E-state index >= 15 is 0 Å². The second kappa shape index (κ2) is 12.7. The first-order chi connectivity index (χ1) is 17.4. The minimum Gasteiger partial charge on any atom is -0.497 e. The number of hydrazone groups is 1. The fraction of sp³-hybridized carbons (Fsp3) is 0.214. The first kappa shape index (κ1) is 26.0. The Bertz CT molecular complexity index is 1260. The molecule has 2 amide bonds. The van der Waals surface area contributed by atoms with E-state index in [1.54, 1.807) is 69.5 Å². The van der Waals surface area contributed by atoms with E-state index in [0.717, 1.165) is 5.56 Å². The monoisotopic (exact) mass is 484 g/mol. The van der Waals surface area contributed by atoms with E-state index in [-0.39, 0.29) is 12.5 Å². The lowest BCUT2D eigenvalue weighted by molar-refractivity contribution is -0.134. The second-order valence-corrected chi connectivity index (χ2v) is 8.27. The van der Waals surface area contributed by atoms with Gasteiger partial charge in [-0.2, -0.15) is 10.4 Å². The Morgan fingerprint density at radius 2 is 1.69 bits per heavy atom. The zero-order chi connectivity index (χ0) is 25.9. The van der Waals surface area contributed by atoms with E-state index in [1.807, 2.05) is 24.3 Å². The molecule has 0 bridgehead atoms. The Labute approximate surface area is 210 Å². The third-order valence-corrected chi connectivity index (χ3v) is 5.41. The van der Waals surface area contributed by atoms with Crippen LogP contribution in [0.4, 0.5) is 5.69 Å². The van der Waals surface area contributed by atoms with Crippen molar-refractivity contribution in [1.82, 2.24) is 5.43 Å². The summed E-state index contributed by atoms with van der Waals surface area (Å²) in [5.74, 6) is -0.941. The fourth-order valence-corrected chi connectivity index (χ4v) is 3.48. The van der Waals surface area contributed by atoms with Crippen LogP contribution in [-0.4, -0.2) is 25.1 Å². The standard InChI is InChI=1S/C28H28N4O4/c1-19(2)26(27(33)31-23-12-14-24(35-3)15-13-23)28(34)32-30-17-21-9-6-7-11-25(21)36-18-22-10-5-4-8-20(22)16-29/h4-15,17,19,26H,18H2,1-3H3,(H,31,33)(H,32,34). The van der Waals surface area contributed by atoms with Crippen LogP contribution < -0.4 is 20.2 Å². The minimum atomic E-state index is -0.946. The Morgan fingerprint density at radius 1 is 1.00 bits per heavy atom. The van der Waals surface area contributed by atoms with Gasteiger partial charge in [0.2, 0.25) is 5.91 Å². The van der Waals surface area contributed by atoms with Crippen molar-refractivity contribution >= 4 is 23.7 Å². The minimum absolute atomic E-state index is 0.210. The van der Waals surface area contributed by atoms with E-state index in [1.165, 1.54) is 6.21 Å². The highest BCUT2D eigenvalue weighted by atomic mass is 16.5. The van der Waals surface area contributed by atoms with E-state index in [9.17, 15) is 14.9 Å². The number of anilines is 1. The Hall–Kier alpha value is -4.64. The van der Waals surface area contributed by atoms with E-state index < -0.39 is 17.7 Å². The van der Waals surface area contributed by atoms with Crippen molar-refractivity contribution in [2.24, 2.45) is 16.9 Å². The number of para-hydroxylation sites is 1. The Kier molecular flexibility index (Phi) is 9.18. The predicted molar refractivity (Wildman–Crippen MR) is 138 cm³/mol. The van der Waals surface area contributed by atoms with Gasteiger partial charge < -0.3 is 14.8 Å². The van der Waals surface area contributed by atoms with Gasteiger partial charge in [0.25, 0.3) is 5.91 Å². The van der Waals surface area contributed by atoms with E-state index in [0.29, 0.717) is 28.3 Å². The maximum atomic E-state index is 12.8. The summed E-state index contributed by atoms with van der Waals surface area (Å²) in [6.07, 6.45) is 1.46. The van der Waals surface area contributed by atoms with Crippen molar-refractivity contribution in [1.29, 1.82) is 5.26 Å². The molecule has 3 rings (SSSR count). The van der Waals surface area contributed by atoms with Crippen LogP contribution in [0.15, 0.2) is 77.9 Å². The first-order valence-electron chi connectivity index (χ1n) is 11.4. The summed E-state index contributed by atoms with van der Waals surface area (Å²) in [6.45, 7) is 3.80. The molecule has 0 aliphatic carbocycles. The molecule has 0 saturated carbocycles. The van der Waals surface area contributed by atoms with E-state index in [4.69, 9.17) is 9.47 Å². The molecule has 3 aromatic carbocycles. The van der Waals surface area contributed by atoms with Crippen molar-refractivity contribution in [3.63, 3.8) is 0 Å². The van der Waals surface area contributed by atoms with Gasteiger partial charge in [-0.25, -0.2) is 5.43 Å². The number of methoxy groups -OCH3 is 1. The SMILES string of the molecule is COc1ccc(NC(=O)C(C(=O)NN=Cc2ccccc2OCc2ccccc2C#N)C(C)C)cc1. The molecule has 0 radical (unpaired) electrons. The fourth-order valence-electron chi connectivity index (χ4n) is 3.48. The molecule has 1 atom stereocenters. The number of nitrogens with one attached hydrogen (secondary N) is 2. The van der Waals surface area contributed by atoms with Gasteiger partial charge in [0.05, 0.1) is 25.0 Å². The van der Waals surface area contributed by atoms with Crippen LogP contribution in [0.5, 0.6) is 11.5 Å².